The summed E-state index contributed by atoms with van der Waals surface area (Å²) in [7, 11) is 0. The van der Waals surface area contributed by atoms with Gasteiger partial charge in [0.15, 0.2) is 18.6 Å². The van der Waals surface area contributed by atoms with E-state index in [1.165, 1.54) is 11.1 Å². The van der Waals surface area contributed by atoms with Crippen LogP contribution in [0.5, 0.6) is 0 Å². The monoisotopic (exact) mass is 562 g/mol. The summed E-state index contributed by atoms with van der Waals surface area (Å²) < 4.78 is 35.5. The minimum Gasteiger partial charge on any atom is -0.374 e. The van der Waals surface area contributed by atoms with Crippen LogP contribution in [0.2, 0.25) is 0 Å². The van der Waals surface area contributed by atoms with Gasteiger partial charge in [0.25, 0.3) is 6.23 Å². The fourth-order valence-electron chi connectivity index (χ4n) is 6.09. The van der Waals surface area contributed by atoms with Crippen molar-refractivity contribution in [1.29, 1.82) is 0 Å². The van der Waals surface area contributed by atoms with E-state index in [2.05, 4.69) is 59.3 Å². The van der Waals surface area contributed by atoms with Crippen LogP contribution in [-0.2, 0) is 43.3 Å². The minimum absolute atomic E-state index is 0.334. The van der Waals surface area contributed by atoms with Crippen molar-refractivity contribution in [3.8, 4) is 0 Å². The molecule has 0 amide bonds. The van der Waals surface area contributed by atoms with Gasteiger partial charge in [-0.05, 0) is 22.8 Å². The average Bonchev–Trinajstić information content (AvgIpc) is 3.51. The van der Waals surface area contributed by atoms with Crippen LogP contribution in [-0.4, -0.2) is 54.6 Å². The highest BCUT2D eigenvalue weighted by atomic mass is 16.8. The third kappa shape index (κ3) is 5.95. The number of hydrogen-bond acceptors (Lipinski definition) is 5. The number of hydrogen-bond donors (Lipinski definition) is 0. The first-order chi connectivity index (χ1) is 20.8. The van der Waals surface area contributed by atoms with Crippen LogP contribution in [0, 0.1) is 0 Å². The first-order valence-electron chi connectivity index (χ1n) is 14.8. The Morgan fingerprint density at radius 2 is 1.31 bits per heavy atom. The number of ether oxygens (including phenoxy) is 5. The van der Waals surface area contributed by atoms with Gasteiger partial charge >= 0.3 is 0 Å². The highest BCUT2D eigenvalue weighted by Gasteiger charge is 2.57. The third-order valence-electron chi connectivity index (χ3n) is 8.25. The molecule has 4 aromatic rings. The van der Waals surface area contributed by atoms with Gasteiger partial charge in [0.2, 0.25) is 0 Å². The first-order valence-corrected chi connectivity index (χ1v) is 14.8. The van der Waals surface area contributed by atoms with Crippen molar-refractivity contribution in [2.75, 3.05) is 13.2 Å². The second kappa shape index (κ2) is 12.7. The molecule has 6 atom stereocenters. The maximum absolute atomic E-state index is 6.92. The van der Waals surface area contributed by atoms with Gasteiger partial charge in [0.05, 0.1) is 19.8 Å². The zero-order valence-electron chi connectivity index (χ0n) is 23.5. The molecule has 0 N–H and O–H groups in total. The average molecular weight is 563 g/mol. The summed E-state index contributed by atoms with van der Waals surface area (Å²) in [6.45, 7) is 2.16. The maximum Gasteiger partial charge on any atom is 0.287 e. The molecule has 0 spiro atoms. The molecule has 0 unspecified atom stereocenters. The first kappa shape index (κ1) is 27.2. The lowest BCUT2D eigenvalue weighted by Gasteiger charge is -2.40. The van der Waals surface area contributed by atoms with Crippen LogP contribution in [0.4, 0.5) is 0 Å². The van der Waals surface area contributed by atoms with Gasteiger partial charge in [-0.25, -0.2) is 4.58 Å². The molecule has 0 bridgehead atoms. The Labute approximate surface area is 247 Å². The number of nitrogens with zero attached hydrogens (tertiary/aromatic N) is 1. The van der Waals surface area contributed by atoms with E-state index in [1.54, 1.807) is 0 Å². The molecule has 3 heterocycles. The van der Waals surface area contributed by atoms with E-state index in [0.717, 1.165) is 29.7 Å². The van der Waals surface area contributed by atoms with E-state index in [-0.39, 0.29) is 30.6 Å². The normalized spacial score (nSPS) is 26.7. The van der Waals surface area contributed by atoms with Crippen molar-refractivity contribution in [3.05, 3.63) is 143 Å². The molecule has 4 aromatic carbocycles. The molecule has 0 radical (unpaired) electrons. The molecular weight excluding hydrogens is 526 g/mol. The zero-order chi connectivity index (χ0) is 28.1. The van der Waals surface area contributed by atoms with E-state index in [9.17, 15) is 0 Å². The molecule has 6 nitrogen and oxygen atoms in total. The van der Waals surface area contributed by atoms with Crippen molar-refractivity contribution >= 4 is 6.21 Å². The van der Waals surface area contributed by atoms with E-state index >= 15 is 0 Å². The Hall–Kier alpha value is -3.65. The minimum atomic E-state index is -0.505. The van der Waals surface area contributed by atoms with Crippen LogP contribution in [0.1, 0.15) is 34.1 Å². The molecule has 214 valence electrons. The fraction of sp³-hybridized carbons (Fsp3) is 0.306. The zero-order valence-corrected chi connectivity index (χ0v) is 23.5. The van der Waals surface area contributed by atoms with Crippen LogP contribution in [0.15, 0.2) is 115 Å². The summed E-state index contributed by atoms with van der Waals surface area (Å²) in [4.78, 5) is 0. The van der Waals surface area contributed by atoms with Crippen molar-refractivity contribution in [1.82, 2.24) is 0 Å². The summed E-state index contributed by atoms with van der Waals surface area (Å²) in [5.41, 5.74) is 5.76. The molecule has 7 rings (SSSR count). The molecular formula is C36H36NO5+. The Bertz CT molecular complexity index is 1480. The molecule has 0 aromatic heterocycles. The Morgan fingerprint density at radius 3 is 2.07 bits per heavy atom. The Kier molecular flexibility index (Phi) is 8.22. The lowest BCUT2D eigenvalue weighted by molar-refractivity contribution is -0.634. The molecule has 2 saturated heterocycles. The predicted molar refractivity (Wildman–Crippen MR) is 159 cm³/mol. The predicted octanol–water partition coefficient (Wildman–Crippen LogP) is 5.68. The van der Waals surface area contributed by atoms with Crippen molar-refractivity contribution in [2.45, 2.75) is 56.6 Å². The van der Waals surface area contributed by atoms with Gasteiger partial charge in [-0.3, -0.25) is 0 Å². The SMILES string of the molecule is C1=[N+]([C@@H]2O[C@H](COCc3ccccc3)[C@@H]3O[C@H](c4ccccc4)O[C@@H]3[C@H]2OCc2ccccc2)CCc2ccccc21. The van der Waals surface area contributed by atoms with Crippen LogP contribution in [0.25, 0.3) is 0 Å². The fourth-order valence-corrected chi connectivity index (χ4v) is 6.09. The summed E-state index contributed by atoms with van der Waals surface area (Å²) in [6.07, 6.45) is 0.866. The smallest absolute Gasteiger partial charge is 0.287 e. The molecule has 3 aliphatic heterocycles. The summed E-state index contributed by atoms with van der Waals surface area (Å²) in [5.74, 6) is 0. The van der Waals surface area contributed by atoms with Gasteiger partial charge < -0.3 is 23.7 Å². The lowest BCUT2D eigenvalue weighted by atomic mass is 9.96. The molecule has 0 aliphatic carbocycles. The molecule has 3 aliphatic rings. The largest absolute Gasteiger partial charge is 0.374 e. The second-order valence-electron chi connectivity index (χ2n) is 11.1. The van der Waals surface area contributed by atoms with Gasteiger partial charge in [0.1, 0.15) is 24.9 Å². The Balaban J connectivity index is 1.20. The second-order valence-corrected chi connectivity index (χ2v) is 11.1. The molecule has 2 fully saturated rings. The third-order valence-corrected chi connectivity index (χ3v) is 8.25. The van der Waals surface area contributed by atoms with Gasteiger partial charge in [-0.2, -0.15) is 0 Å². The molecule has 0 saturated carbocycles. The van der Waals surface area contributed by atoms with Crippen LogP contribution < -0.4 is 0 Å². The van der Waals surface area contributed by atoms with E-state index in [1.807, 2.05) is 66.7 Å². The number of fused-ring (bicyclic) bond motifs is 2. The summed E-state index contributed by atoms with van der Waals surface area (Å²) in [5, 5.41) is 0. The van der Waals surface area contributed by atoms with Crippen molar-refractivity contribution in [3.63, 3.8) is 0 Å². The van der Waals surface area contributed by atoms with E-state index in [0.29, 0.717) is 19.8 Å². The van der Waals surface area contributed by atoms with E-state index < -0.39 is 6.29 Å². The van der Waals surface area contributed by atoms with Crippen LogP contribution >= 0.6 is 0 Å². The number of rotatable bonds is 9. The molecule has 42 heavy (non-hydrogen) atoms. The Morgan fingerprint density at radius 1 is 0.667 bits per heavy atom. The molecule has 6 heteroatoms. The van der Waals surface area contributed by atoms with Crippen molar-refractivity contribution < 1.29 is 28.3 Å². The lowest BCUT2D eigenvalue weighted by Crippen LogP contribution is -2.62. The van der Waals surface area contributed by atoms with Crippen LogP contribution in [0.3, 0.4) is 0 Å². The number of benzene rings is 4. The standard InChI is InChI=1S/C36H36NO5/c1-4-12-26(13-5-1)23-38-25-31-32-33(42-36(41-32)29-17-8-3-9-18-29)34(39-24-27-14-6-2-7-15-27)35(40-31)37-21-20-28-16-10-11-19-30(28)22-37/h1-19,22,31-36H,20-21,23-25H2/q+1/t31-,32+,33+,34-,35-,36+/m1/s1. The van der Waals surface area contributed by atoms with Gasteiger partial charge in [-0.15, -0.1) is 0 Å². The van der Waals surface area contributed by atoms with E-state index in [4.69, 9.17) is 23.7 Å². The summed E-state index contributed by atoms with van der Waals surface area (Å²) in [6, 6.07) is 39.1. The maximum atomic E-state index is 6.92. The summed E-state index contributed by atoms with van der Waals surface area (Å²) >= 11 is 0. The topological polar surface area (TPSA) is 49.2 Å². The van der Waals surface area contributed by atoms with Gasteiger partial charge in [0, 0.05) is 17.5 Å². The highest BCUT2D eigenvalue weighted by Crippen LogP contribution is 2.41. The highest BCUT2D eigenvalue weighted by molar-refractivity contribution is 5.78. The van der Waals surface area contributed by atoms with Crippen molar-refractivity contribution in [2.24, 2.45) is 0 Å². The quantitative estimate of drug-likeness (QED) is 0.246. The van der Waals surface area contributed by atoms with Gasteiger partial charge in [-0.1, -0.05) is 109 Å².